The lowest BCUT2D eigenvalue weighted by molar-refractivity contribution is -0.143. The Morgan fingerprint density at radius 2 is 2.05 bits per heavy atom. The molecule has 0 aromatic carbocycles. The highest BCUT2D eigenvalue weighted by molar-refractivity contribution is 7.46. The van der Waals surface area contributed by atoms with Crippen LogP contribution in [0.15, 0.2) is 48.6 Å². The molecule has 6 N–H and O–H groups in total. The number of rotatable bonds is 14. The van der Waals surface area contributed by atoms with E-state index in [0.717, 1.165) is 25.7 Å². The van der Waals surface area contributed by atoms with Crippen molar-refractivity contribution in [1.82, 2.24) is 0 Å². The van der Waals surface area contributed by atoms with Crippen molar-refractivity contribution in [2.75, 3.05) is 13.7 Å². The predicted molar refractivity (Wildman–Crippen MR) is 139 cm³/mol. The normalized spacial score (nSPS) is 28.6. The molecule has 0 radical (unpaired) electrons. The summed E-state index contributed by atoms with van der Waals surface area (Å²) < 4.78 is 27.4. The largest absolute Gasteiger partial charge is 0.469 e. The summed E-state index contributed by atoms with van der Waals surface area (Å²) in [5.41, 5.74) is 3.74. The van der Waals surface area contributed by atoms with Crippen LogP contribution in [0.5, 0.6) is 0 Å². The number of phosphoric acid groups is 1. The number of ether oxygens (including phenoxy) is 2. The highest BCUT2D eigenvalue weighted by atomic mass is 31.2. The molecular weight excluding hydrogens is 501 g/mol. The van der Waals surface area contributed by atoms with Gasteiger partial charge in [0, 0.05) is 25.5 Å². The zero-order valence-corrected chi connectivity index (χ0v) is 22.5. The number of aliphatic hydroxyl groups excluding tert-OH is 1. The molecule has 2 rings (SSSR count). The molecule has 37 heavy (non-hydrogen) atoms. The van der Waals surface area contributed by atoms with E-state index in [-0.39, 0.29) is 31.4 Å². The molecule has 0 bridgehead atoms. The Kier molecular flexibility index (Phi) is 12.9. The Morgan fingerprint density at radius 3 is 2.70 bits per heavy atom. The molecule has 11 heteroatoms. The first-order valence-corrected chi connectivity index (χ1v) is 14.3. The van der Waals surface area contributed by atoms with Crippen LogP contribution in [-0.2, 0) is 23.4 Å². The summed E-state index contributed by atoms with van der Waals surface area (Å²) in [7, 11) is -3.32. The number of hydrogen-bond acceptors (Lipinski definition) is 8. The van der Waals surface area contributed by atoms with Gasteiger partial charge in [-0.1, -0.05) is 49.8 Å². The lowest BCUT2D eigenvalue weighted by atomic mass is 9.86. The third kappa shape index (κ3) is 10.9. The number of carbonyl (C=O) groups excluding carboxylic acids is 1. The van der Waals surface area contributed by atoms with Gasteiger partial charge in [0.05, 0.1) is 12.2 Å². The van der Waals surface area contributed by atoms with Gasteiger partial charge in [-0.25, -0.2) is 9.36 Å². The molecular formula is C26H42NO9P. The van der Waals surface area contributed by atoms with Crippen molar-refractivity contribution in [2.24, 2.45) is 17.6 Å². The maximum atomic E-state index is 11.7. The van der Waals surface area contributed by atoms with Crippen LogP contribution in [0, 0.1) is 11.8 Å². The lowest BCUT2D eigenvalue weighted by Crippen LogP contribution is -2.45. The minimum atomic E-state index is -5.03. The maximum absolute atomic E-state index is 11.7. The Morgan fingerprint density at radius 1 is 1.30 bits per heavy atom. The van der Waals surface area contributed by atoms with Crippen LogP contribution in [0.25, 0.3) is 0 Å². The number of aliphatic hydroxyl groups is 2. The van der Waals surface area contributed by atoms with Gasteiger partial charge in [-0.2, -0.15) is 0 Å². The first-order valence-electron chi connectivity index (χ1n) is 12.8. The monoisotopic (exact) mass is 543 g/mol. The van der Waals surface area contributed by atoms with E-state index >= 15 is 0 Å². The molecule has 0 amide bonds. The summed E-state index contributed by atoms with van der Waals surface area (Å²) in [4.78, 5) is 30.7. The number of carbonyl (C=O) groups is 1. The zero-order valence-electron chi connectivity index (χ0n) is 21.6. The highest BCUT2D eigenvalue weighted by Gasteiger charge is 2.40. The third-order valence-corrected chi connectivity index (χ3v) is 7.38. The molecule has 0 spiro atoms. The van der Waals surface area contributed by atoms with Gasteiger partial charge in [0.2, 0.25) is 0 Å². The molecule has 210 valence electrons. The number of hydrogen-bond donors (Lipinski definition) is 5. The van der Waals surface area contributed by atoms with Crippen LogP contribution in [0.3, 0.4) is 0 Å². The van der Waals surface area contributed by atoms with Crippen molar-refractivity contribution in [3.8, 4) is 0 Å². The SMILES string of the molecule is CCC1C=CC(=O)OC1/C=C/C(O)(CCN)C(CC(O)/C=C\C=C/C1CCCC(OC)C1)OP(=O)(O)O. The second kappa shape index (κ2) is 15.1. The summed E-state index contributed by atoms with van der Waals surface area (Å²) in [5, 5.41) is 22.0. The van der Waals surface area contributed by atoms with Gasteiger partial charge in [-0.15, -0.1) is 0 Å². The Hall–Kier alpha value is -1.62. The number of cyclic esters (lactones) is 1. The number of nitrogens with two attached hydrogens (primary N) is 1. The van der Waals surface area contributed by atoms with Crippen molar-refractivity contribution in [3.63, 3.8) is 0 Å². The molecule has 2 aliphatic rings. The van der Waals surface area contributed by atoms with E-state index in [1.807, 2.05) is 13.0 Å². The molecule has 10 nitrogen and oxygen atoms in total. The Bertz CT molecular complexity index is 883. The quantitative estimate of drug-likeness (QED) is 0.0950. The van der Waals surface area contributed by atoms with Crippen molar-refractivity contribution in [1.29, 1.82) is 0 Å². The summed E-state index contributed by atoms with van der Waals surface area (Å²) in [6, 6.07) is 0. The molecule has 1 aliphatic heterocycles. The van der Waals surface area contributed by atoms with Crippen LogP contribution in [0.1, 0.15) is 51.9 Å². The fraction of sp³-hybridized carbons (Fsp3) is 0.654. The molecule has 0 aromatic rings. The van der Waals surface area contributed by atoms with Gasteiger partial charge < -0.3 is 35.2 Å². The summed E-state index contributed by atoms with van der Waals surface area (Å²) in [6.45, 7) is 1.89. The number of methoxy groups -OCH3 is 1. The zero-order chi connectivity index (χ0) is 27.5. The van der Waals surface area contributed by atoms with Crippen molar-refractivity contribution >= 4 is 13.8 Å². The Balaban J connectivity index is 2.15. The molecule has 0 aromatic heterocycles. The molecule has 1 aliphatic carbocycles. The van der Waals surface area contributed by atoms with Gasteiger partial charge in [0.25, 0.3) is 0 Å². The standard InChI is InChI=1S/C26H42NO9P/c1-3-20-11-12-25(29)35-23(20)13-14-26(30,15-16-27)24(36-37(31,32)33)18-21(28)9-5-4-7-19-8-6-10-22(17-19)34-2/h4-5,7,9,11-14,19-24,28,30H,3,6,8,10,15-18,27H2,1-2H3,(H2,31,32,33)/b7-4-,9-5-,14-13+. The van der Waals surface area contributed by atoms with Gasteiger partial charge in [0.15, 0.2) is 0 Å². The molecule has 1 heterocycles. The van der Waals surface area contributed by atoms with E-state index in [0.29, 0.717) is 12.3 Å². The fourth-order valence-electron chi connectivity index (χ4n) is 4.75. The van der Waals surface area contributed by atoms with Crippen LogP contribution in [0.4, 0.5) is 0 Å². The number of esters is 1. The number of phosphoric ester groups is 1. The first kappa shape index (κ1) is 31.6. The van der Waals surface area contributed by atoms with Gasteiger partial charge in [-0.05, 0) is 50.6 Å². The average molecular weight is 544 g/mol. The van der Waals surface area contributed by atoms with Crippen molar-refractivity contribution in [2.45, 2.75) is 81.9 Å². The van der Waals surface area contributed by atoms with E-state index in [2.05, 4.69) is 6.08 Å². The third-order valence-electron chi connectivity index (χ3n) is 6.85. The summed E-state index contributed by atoms with van der Waals surface area (Å²) in [5.74, 6) is -0.271. The molecule has 7 atom stereocenters. The van der Waals surface area contributed by atoms with E-state index in [1.54, 1.807) is 19.3 Å². The smallest absolute Gasteiger partial charge is 0.454 e. The van der Waals surface area contributed by atoms with E-state index < -0.39 is 37.7 Å². The number of allylic oxidation sites excluding steroid dienone is 3. The van der Waals surface area contributed by atoms with E-state index in [1.165, 1.54) is 24.3 Å². The molecule has 1 fully saturated rings. The summed E-state index contributed by atoms with van der Waals surface area (Å²) >= 11 is 0. The van der Waals surface area contributed by atoms with Crippen molar-refractivity contribution < 1.29 is 43.4 Å². The highest BCUT2D eigenvalue weighted by Crippen LogP contribution is 2.42. The van der Waals surface area contributed by atoms with Crippen LogP contribution >= 0.6 is 7.82 Å². The van der Waals surface area contributed by atoms with Gasteiger partial charge >= 0.3 is 13.8 Å². The Labute approximate surface area is 219 Å². The van der Waals surface area contributed by atoms with Crippen molar-refractivity contribution in [3.05, 3.63) is 48.6 Å². The average Bonchev–Trinajstić information content (AvgIpc) is 2.84. The summed E-state index contributed by atoms with van der Waals surface area (Å²) in [6.07, 6.45) is 14.1. The lowest BCUT2D eigenvalue weighted by Gasteiger charge is -2.35. The molecule has 1 saturated carbocycles. The van der Waals surface area contributed by atoms with Crippen LogP contribution in [0.2, 0.25) is 0 Å². The topological polar surface area (TPSA) is 169 Å². The minimum absolute atomic E-state index is 0.0258. The second-order valence-corrected chi connectivity index (χ2v) is 10.9. The maximum Gasteiger partial charge on any atom is 0.469 e. The fourth-order valence-corrected chi connectivity index (χ4v) is 5.35. The van der Waals surface area contributed by atoms with E-state index in [4.69, 9.17) is 19.7 Å². The predicted octanol–water partition coefficient (Wildman–Crippen LogP) is 2.68. The minimum Gasteiger partial charge on any atom is -0.454 e. The molecule has 0 saturated heterocycles. The first-order chi connectivity index (χ1) is 17.5. The molecule has 7 unspecified atom stereocenters. The van der Waals surface area contributed by atoms with Gasteiger partial charge in [-0.3, -0.25) is 4.52 Å². The van der Waals surface area contributed by atoms with Gasteiger partial charge in [0.1, 0.15) is 17.8 Å². The van der Waals surface area contributed by atoms with Crippen LogP contribution in [-0.4, -0.2) is 69.6 Å². The van der Waals surface area contributed by atoms with Crippen LogP contribution < -0.4 is 5.73 Å². The van der Waals surface area contributed by atoms with E-state index in [9.17, 15) is 29.4 Å². The second-order valence-electron chi connectivity index (χ2n) is 9.66.